The number of halogens is 1. The quantitative estimate of drug-likeness (QED) is 0.686. The van der Waals surface area contributed by atoms with Gasteiger partial charge in [-0.25, -0.2) is 9.37 Å². The average Bonchev–Trinajstić information content (AvgIpc) is 3.20. The van der Waals surface area contributed by atoms with E-state index in [1.807, 2.05) is 0 Å². The highest BCUT2D eigenvalue weighted by atomic mass is 19.1. The van der Waals surface area contributed by atoms with Gasteiger partial charge in [0.25, 0.3) is 0 Å². The maximum Gasteiger partial charge on any atom is 0.229 e. The highest BCUT2D eigenvalue weighted by Gasteiger charge is 2.29. The molecule has 7 nitrogen and oxygen atoms in total. The fraction of sp³-hybridized carbons (Fsp3) is 0.412. The standard InChI is InChI=1S/C17H18FN5O2/c18-11-3-4-12-13(9-11)21-14(20-12)5-6-16(24)19-8-7-15-22-17(25-23-15)10-1-2-10/h3-4,9-10H,1-2,5-8H2,(H,19,24)(H,20,21). The molecule has 2 aromatic heterocycles. The topological polar surface area (TPSA) is 96.7 Å². The number of aryl methyl sites for hydroxylation is 1. The first-order chi connectivity index (χ1) is 12.2. The lowest BCUT2D eigenvalue weighted by atomic mass is 10.3. The zero-order valence-corrected chi connectivity index (χ0v) is 13.6. The van der Waals surface area contributed by atoms with Crippen molar-refractivity contribution in [1.82, 2.24) is 25.4 Å². The van der Waals surface area contributed by atoms with Crippen molar-refractivity contribution in [2.24, 2.45) is 0 Å². The molecule has 2 N–H and O–H groups in total. The lowest BCUT2D eigenvalue weighted by Crippen LogP contribution is -2.26. The van der Waals surface area contributed by atoms with Crippen LogP contribution in [0.2, 0.25) is 0 Å². The summed E-state index contributed by atoms with van der Waals surface area (Å²) in [5, 5.41) is 6.75. The van der Waals surface area contributed by atoms with E-state index in [1.165, 1.54) is 12.1 Å². The zero-order chi connectivity index (χ0) is 17.2. The summed E-state index contributed by atoms with van der Waals surface area (Å²) in [5.74, 6) is 2.06. The van der Waals surface area contributed by atoms with Gasteiger partial charge >= 0.3 is 0 Å². The molecule has 0 spiro atoms. The number of fused-ring (bicyclic) bond motifs is 1. The van der Waals surface area contributed by atoms with Gasteiger partial charge in [-0.05, 0) is 31.0 Å². The molecule has 130 valence electrons. The van der Waals surface area contributed by atoms with Crippen molar-refractivity contribution in [2.45, 2.75) is 38.0 Å². The van der Waals surface area contributed by atoms with Crippen LogP contribution in [0.15, 0.2) is 22.7 Å². The highest BCUT2D eigenvalue weighted by molar-refractivity contribution is 5.77. The number of hydrogen-bond acceptors (Lipinski definition) is 5. The zero-order valence-electron chi connectivity index (χ0n) is 13.6. The lowest BCUT2D eigenvalue weighted by Gasteiger charge is -2.02. The monoisotopic (exact) mass is 343 g/mol. The molecule has 4 rings (SSSR count). The van der Waals surface area contributed by atoms with Gasteiger partial charge in [0.2, 0.25) is 11.8 Å². The van der Waals surface area contributed by atoms with Crippen LogP contribution >= 0.6 is 0 Å². The highest BCUT2D eigenvalue weighted by Crippen LogP contribution is 2.38. The Morgan fingerprint density at radius 3 is 3.04 bits per heavy atom. The van der Waals surface area contributed by atoms with E-state index < -0.39 is 0 Å². The third-order valence-electron chi connectivity index (χ3n) is 4.16. The summed E-state index contributed by atoms with van der Waals surface area (Å²) in [4.78, 5) is 23.6. The Labute approximate surface area is 143 Å². The largest absolute Gasteiger partial charge is 0.356 e. The minimum Gasteiger partial charge on any atom is -0.356 e. The number of benzene rings is 1. The van der Waals surface area contributed by atoms with Crippen LogP contribution in [0.4, 0.5) is 4.39 Å². The SMILES string of the molecule is O=C(CCc1nc2ccc(F)cc2[nH]1)NCCc1noc(C2CC2)n1. The van der Waals surface area contributed by atoms with E-state index >= 15 is 0 Å². The fourth-order valence-electron chi connectivity index (χ4n) is 2.65. The van der Waals surface area contributed by atoms with Crippen LogP contribution in [0, 0.1) is 5.82 Å². The Morgan fingerprint density at radius 1 is 1.32 bits per heavy atom. The Hall–Kier alpha value is -2.77. The van der Waals surface area contributed by atoms with E-state index in [4.69, 9.17) is 4.52 Å². The van der Waals surface area contributed by atoms with Crippen LogP contribution in [0.25, 0.3) is 11.0 Å². The maximum absolute atomic E-state index is 13.2. The van der Waals surface area contributed by atoms with E-state index in [-0.39, 0.29) is 11.7 Å². The van der Waals surface area contributed by atoms with Gasteiger partial charge in [-0.15, -0.1) is 0 Å². The van der Waals surface area contributed by atoms with Gasteiger partial charge in [-0.2, -0.15) is 4.98 Å². The second-order valence-electron chi connectivity index (χ2n) is 6.27. The van der Waals surface area contributed by atoms with Crippen molar-refractivity contribution in [2.75, 3.05) is 6.54 Å². The summed E-state index contributed by atoms with van der Waals surface area (Å²) in [5.41, 5.74) is 1.33. The molecular formula is C17H18FN5O2. The summed E-state index contributed by atoms with van der Waals surface area (Å²) in [6.07, 6.45) is 3.56. The Morgan fingerprint density at radius 2 is 2.20 bits per heavy atom. The molecule has 1 fully saturated rings. The molecule has 1 amide bonds. The Kier molecular flexibility index (Phi) is 4.17. The number of imidazole rings is 1. The predicted molar refractivity (Wildman–Crippen MR) is 87.4 cm³/mol. The van der Waals surface area contributed by atoms with Crippen molar-refractivity contribution in [3.8, 4) is 0 Å². The van der Waals surface area contributed by atoms with Crippen molar-refractivity contribution < 1.29 is 13.7 Å². The number of H-pyrrole nitrogens is 1. The van der Waals surface area contributed by atoms with E-state index in [1.54, 1.807) is 6.07 Å². The lowest BCUT2D eigenvalue weighted by molar-refractivity contribution is -0.121. The van der Waals surface area contributed by atoms with Crippen molar-refractivity contribution in [3.05, 3.63) is 41.6 Å². The average molecular weight is 343 g/mol. The van der Waals surface area contributed by atoms with E-state index in [0.717, 1.165) is 12.8 Å². The smallest absolute Gasteiger partial charge is 0.229 e. The Balaban J connectivity index is 1.22. The third kappa shape index (κ3) is 3.84. The fourth-order valence-corrected chi connectivity index (χ4v) is 2.65. The predicted octanol–water partition coefficient (Wildman–Crippen LogP) is 2.25. The number of amides is 1. The summed E-state index contributed by atoms with van der Waals surface area (Å²) in [7, 11) is 0. The third-order valence-corrected chi connectivity index (χ3v) is 4.16. The van der Waals surface area contributed by atoms with Crippen LogP contribution in [-0.4, -0.2) is 32.6 Å². The number of aromatic nitrogens is 4. The summed E-state index contributed by atoms with van der Waals surface area (Å²) >= 11 is 0. The van der Waals surface area contributed by atoms with Gasteiger partial charge in [0.1, 0.15) is 11.6 Å². The molecule has 1 saturated carbocycles. The van der Waals surface area contributed by atoms with Crippen molar-refractivity contribution >= 4 is 16.9 Å². The molecule has 2 heterocycles. The molecule has 25 heavy (non-hydrogen) atoms. The number of aromatic amines is 1. The number of rotatable bonds is 7. The minimum absolute atomic E-state index is 0.0717. The van der Waals surface area contributed by atoms with E-state index in [0.29, 0.717) is 60.3 Å². The first kappa shape index (κ1) is 15.7. The van der Waals surface area contributed by atoms with Crippen molar-refractivity contribution in [3.63, 3.8) is 0 Å². The maximum atomic E-state index is 13.2. The molecule has 0 atom stereocenters. The molecule has 0 unspecified atom stereocenters. The van der Waals surface area contributed by atoms with Crippen LogP contribution in [0.1, 0.15) is 42.7 Å². The van der Waals surface area contributed by atoms with Crippen LogP contribution in [-0.2, 0) is 17.6 Å². The molecule has 1 aliphatic rings. The molecular weight excluding hydrogens is 325 g/mol. The van der Waals surface area contributed by atoms with Gasteiger partial charge in [0.05, 0.1) is 11.0 Å². The van der Waals surface area contributed by atoms with E-state index in [2.05, 4.69) is 25.4 Å². The number of nitrogens with one attached hydrogen (secondary N) is 2. The number of nitrogens with zero attached hydrogens (tertiary/aromatic N) is 3. The molecule has 1 aliphatic carbocycles. The number of carbonyl (C=O) groups is 1. The van der Waals surface area contributed by atoms with Crippen LogP contribution in [0.5, 0.6) is 0 Å². The first-order valence-corrected chi connectivity index (χ1v) is 8.41. The van der Waals surface area contributed by atoms with Gasteiger partial charge in [0.15, 0.2) is 5.82 Å². The summed E-state index contributed by atoms with van der Waals surface area (Å²) in [6.45, 7) is 0.466. The molecule has 1 aromatic carbocycles. The number of hydrogen-bond donors (Lipinski definition) is 2. The summed E-state index contributed by atoms with van der Waals surface area (Å²) in [6, 6.07) is 4.38. The summed E-state index contributed by atoms with van der Waals surface area (Å²) < 4.78 is 18.3. The van der Waals surface area contributed by atoms with Crippen LogP contribution < -0.4 is 5.32 Å². The van der Waals surface area contributed by atoms with Gasteiger partial charge in [-0.3, -0.25) is 4.79 Å². The van der Waals surface area contributed by atoms with Crippen LogP contribution in [0.3, 0.4) is 0 Å². The van der Waals surface area contributed by atoms with Gasteiger partial charge in [0, 0.05) is 31.7 Å². The minimum atomic E-state index is -0.313. The van der Waals surface area contributed by atoms with Crippen molar-refractivity contribution in [1.29, 1.82) is 0 Å². The first-order valence-electron chi connectivity index (χ1n) is 8.41. The molecule has 0 saturated heterocycles. The molecule has 8 heteroatoms. The molecule has 0 radical (unpaired) electrons. The second kappa shape index (κ2) is 6.62. The molecule has 0 aliphatic heterocycles. The molecule has 3 aromatic rings. The second-order valence-corrected chi connectivity index (χ2v) is 6.27. The molecule has 0 bridgehead atoms. The Bertz CT molecular complexity index is 899. The normalized spacial score (nSPS) is 14.1. The van der Waals surface area contributed by atoms with E-state index in [9.17, 15) is 9.18 Å². The van der Waals surface area contributed by atoms with Gasteiger partial charge < -0.3 is 14.8 Å². The van der Waals surface area contributed by atoms with Gasteiger partial charge in [-0.1, -0.05) is 5.16 Å². The number of carbonyl (C=O) groups excluding carboxylic acids is 1.